The van der Waals surface area contributed by atoms with Gasteiger partial charge < -0.3 is 9.73 Å². The highest BCUT2D eigenvalue weighted by atomic mass is 19.1. The number of fused-ring (bicyclic) bond motifs is 1. The maximum atomic E-state index is 13.0. The molecule has 0 saturated heterocycles. The predicted octanol–water partition coefficient (Wildman–Crippen LogP) is 3.22. The summed E-state index contributed by atoms with van der Waals surface area (Å²) in [5.41, 5.74) is 2.06. The van der Waals surface area contributed by atoms with Gasteiger partial charge in [-0.15, -0.1) is 0 Å². The largest absolute Gasteiger partial charge is 0.443 e. The lowest BCUT2D eigenvalue weighted by atomic mass is 10.2. The van der Waals surface area contributed by atoms with E-state index in [1.165, 1.54) is 24.6 Å². The fourth-order valence-electron chi connectivity index (χ4n) is 1.77. The number of nitrogens with one attached hydrogen (secondary N) is 1. The van der Waals surface area contributed by atoms with E-state index in [4.69, 9.17) is 4.42 Å². The maximum absolute atomic E-state index is 13.0. The summed E-state index contributed by atoms with van der Waals surface area (Å²) < 4.78 is 18.1. The van der Waals surface area contributed by atoms with Gasteiger partial charge >= 0.3 is 0 Å². The van der Waals surface area contributed by atoms with Crippen molar-refractivity contribution in [2.45, 2.75) is 0 Å². The molecule has 3 aromatic rings. The van der Waals surface area contributed by atoms with Crippen LogP contribution in [0.4, 0.5) is 10.1 Å². The van der Waals surface area contributed by atoms with Crippen molar-refractivity contribution in [1.82, 2.24) is 4.98 Å². The SMILES string of the molecule is O=C(Nc1cccc(F)c1)c1ccc2ocnc2c1. The van der Waals surface area contributed by atoms with Crippen LogP contribution in [0.1, 0.15) is 10.4 Å². The van der Waals surface area contributed by atoms with Gasteiger partial charge in [-0.2, -0.15) is 0 Å². The minimum Gasteiger partial charge on any atom is -0.443 e. The van der Waals surface area contributed by atoms with Crippen molar-refractivity contribution in [3.63, 3.8) is 0 Å². The molecule has 1 amide bonds. The van der Waals surface area contributed by atoms with E-state index in [2.05, 4.69) is 10.3 Å². The zero-order chi connectivity index (χ0) is 13.2. The molecule has 3 rings (SSSR count). The zero-order valence-electron chi connectivity index (χ0n) is 9.76. The van der Waals surface area contributed by atoms with Crippen molar-refractivity contribution >= 4 is 22.7 Å². The van der Waals surface area contributed by atoms with Gasteiger partial charge in [0.25, 0.3) is 5.91 Å². The summed E-state index contributed by atoms with van der Waals surface area (Å²) >= 11 is 0. The van der Waals surface area contributed by atoms with Crippen LogP contribution in [0.15, 0.2) is 53.3 Å². The molecule has 94 valence electrons. The normalized spacial score (nSPS) is 10.6. The van der Waals surface area contributed by atoms with Crippen LogP contribution in [0, 0.1) is 5.82 Å². The van der Waals surface area contributed by atoms with Crippen LogP contribution in [0.2, 0.25) is 0 Å². The zero-order valence-corrected chi connectivity index (χ0v) is 9.76. The number of aromatic nitrogens is 1. The molecular formula is C14H9FN2O2. The van der Waals surface area contributed by atoms with Gasteiger partial charge in [-0.05, 0) is 36.4 Å². The fourth-order valence-corrected chi connectivity index (χ4v) is 1.77. The third-order valence-electron chi connectivity index (χ3n) is 2.68. The van der Waals surface area contributed by atoms with Crippen LogP contribution in [0.5, 0.6) is 0 Å². The number of oxazole rings is 1. The minimum atomic E-state index is -0.398. The monoisotopic (exact) mass is 256 g/mol. The van der Waals surface area contributed by atoms with Crippen LogP contribution < -0.4 is 5.32 Å². The Morgan fingerprint density at radius 2 is 2.11 bits per heavy atom. The van der Waals surface area contributed by atoms with Gasteiger partial charge in [0, 0.05) is 11.3 Å². The van der Waals surface area contributed by atoms with Gasteiger partial charge in [0.1, 0.15) is 11.3 Å². The van der Waals surface area contributed by atoms with Crippen molar-refractivity contribution < 1.29 is 13.6 Å². The average molecular weight is 256 g/mol. The van der Waals surface area contributed by atoms with Gasteiger partial charge in [0.05, 0.1) is 0 Å². The predicted molar refractivity (Wildman–Crippen MR) is 68.4 cm³/mol. The molecular weight excluding hydrogens is 247 g/mol. The van der Waals surface area contributed by atoms with Crippen molar-refractivity contribution in [3.05, 3.63) is 60.2 Å². The molecule has 0 aliphatic carbocycles. The number of halogens is 1. The highest BCUT2D eigenvalue weighted by Crippen LogP contribution is 2.16. The third kappa shape index (κ3) is 2.30. The van der Waals surface area contributed by atoms with Crippen LogP contribution in [0.25, 0.3) is 11.1 Å². The molecule has 0 aliphatic heterocycles. The van der Waals surface area contributed by atoms with E-state index < -0.39 is 5.82 Å². The molecule has 0 fully saturated rings. The minimum absolute atomic E-state index is 0.324. The first kappa shape index (κ1) is 11.4. The number of rotatable bonds is 2. The summed E-state index contributed by atoms with van der Waals surface area (Å²) in [6, 6.07) is 10.6. The summed E-state index contributed by atoms with van der Waals surface area (Å²) in [6.07, 6.45) is 1.32. The Bertz CT molecular complexity index is 752. The molecule has 0 atom stereocenters. The molecule has 19 heavy (non-hydrogen) atoms. The fraction of sp³-hybridized carbons (Fsp3) is 0. The molecule has 1 N–H and O–H groups in total. The van der Waals surface area contributed by atoms with E-state index in [-0.39, 0.29) is 5.91 Å². The van der Waals surface area contributed by atoms with Crippen molar-refractivity contribution in [2.24, 2.45) is 0 Å². The Labute approximate surface area is 107 Å². The van der Waals surface area contributed by atoms with Crippen molar-refractivity contribution in [3.8, 4) is 0 Å². The van der Waals surface area contributed by atoms with Crippen LogP contribution >= 0.6 is 0 Å². The summed E-state index contributed by atoms with van der Waals surface area (Å²) in [4.78, 5) is 16.0. The number of amides is 1. The third-order valence-corrected chi connectivity index (χ3v) is 2.68. The van der Waals surface area contributed by atoms with Crippen LogP contribution in [-0.2, 0) is 0 Å². The second-order valence-corrected chi connectivity index (χ2v) is 4.00. The van der Waals surface area contributed by atoms with Gasteiger partial charge in [-0.25, -0.2) is 9.37 Å². The lowest BCUT2D eigenvalue weighted by Gasteiger charge is -2.04. The molecule has 2 aromatic carbocycles. The van der Waals surface area contributed by atoms with E-state index in [0.29, 0.717) is 22.4 Å². The summed E-state index contributed by atoms with van der Waals surface area (Å²) in [6.45, 7) is 0. The highest BCUT2D eigenvalue weighted by Gasteiger charge is 2.08. The number of hydrogen-bond acceptors (Lipinski definition) is 3. The van der Waals surface area contributed by atoms with E-state index >= 15 is 0 Å². The second-order valence-electron chi connectivity index (χ2n) is 4.00. The van der Waals surface area contributed by atoms with Crippen molar-refractivity contribution in [1.29, 1.82) is 0 Å². The maximum Gasteiger partial charge on any atom is 0.255 e. The van der Waals surface area contributed by atoms with Crippen LogP contribution in [0.3, 0.4) is 0 Å². The van der Waals surface area contributed by atoms with Crippen molar-refractivity contribution in [2.75, 3.05) is 5.32 Å². The number of carbonyl (C=O) groups is 1. The standard InChI is InChI=1S/C14H9FN2O2/c15-10-2-1-3-11(7-10)17-14(18)9-4-5-13-12(6-9)16-8-19-13/h1-8H,(H,17,18). The van der Waals surface area contributed by atoms with Gasteiger partial charge in [0.15, 0.2) is 12.0 Å². The van der Waals surface area contributed by atoms with Gasteiger partial charge in [-0.1, -0.05) is 6.07 Å². The molecule has 0 unspecified atom stereocenters. The van der Waals surface area contributed by atoms with Crippen LogP contribution in [-0.4, -0.2) is 10.9 Å². The number of anilines is 1. The first-order chi connectivity index (χ1) is 9.22. The average Bonchev–Trinajstić information content (AvgIpc) is 2.85. The summed E-state index contributed by atoms with van der Waals surface area (Å²) in [7, 11) is 0. The Balaban J connectivity index is 1.87. The molecule has 0 bridgehead atoms. The van der Waals surface area contributed by atoms with Gasteiger partial charge in [0.2, 0.25) is 0 Å². The molecule has 0 saturated carbocycles. The molecule has 0 spiro atoms. The van der Waals surface area contributed by atoms with E-state index in [1.54, 1.807) is 24.3 Å². The number of nitrogens with zero attached hydrogens (tertiary/aromatic N) is 1. The number of hydrogen-bond donors (Lipinski definition) is 1. The van der Waals surface area contributed by atoms with E-state index in [0.717, 1.165) is 0 Å². The quantitative estimate of drug-likeness (QED) is 0.765. The second kappa shape index (κ2) is 4.53. The Morgan fingerprint density at radius 3 is 2.95 bits per heavy atom. The Hall–Kier alpha value is -2.69. The molecule has 0 aliphatic rings. The van der Waals surface area contributed by atoms with Gasteiger partial charge in [-0.3, -0.25) is 4.79 Å². The number of benzene rings is 2. The first-order valence-electron chi connectivity index (χ1n) is 5.62. The topological polar surface area (TPSA) is 55.1 Å². The summed E-state index contributed by atoms with van der Waals surface area (Å²) in [5.74, 6) is -0.722. The lowest BCUT2D eigenvalue weighted by molar-refractivity contribution is 0.102. The smallest absolute Gasteiger partial charge is 0.255 e. The molecule has 0 radical (unpaired) electrons. The Morgan fingerprint density at radius 1 is 1.21 bits per heavy atom. The summed E-state index contributed by atoms with van der Waals surface area (Å²) in [5, 5.41) is 2.62. The molecule has 4 nitrogen and oxygen atoms in total. The van der Waals surface area contributed by atoms with E-state index in [1.807, 2.05) is 0 Å². The number of carbonyl (C=O) groups excluding carboxylic acids is 1. The molecule has 1 aromatic heterocycles. The first-order valence-corrected chi connectivity index (χ1v) is 5.62. The Kier molecular flexibility index (Phi) is 2.72. The molecule has 5 heteroatoms. The lowest BCUT2D eigenvalue weighted by Crippen LogP contribution is -2.11. The van der Waals surface area contributed by atoms with E-state index in [9.17, 15) is 9.18 Å². The molecule has 1 heterocycles. The highest BCUT2D eigenvalue weighted by molar-refractivity contribution is 6.05.